The Balaban J connectivity index is 2.95. The first kappa shape index (κ1) is 12.8. The molecule has 0 radical (unpaired) electrons. The summed E-state index contributed by atoms with van der Waals surface area (Å²) >= 11 is 11.5. The second-order valence-electron chi connectivity index (χ2n) is 2.96. The van der Waals surface area contributed by atoms with Crippen molar-refractivity contribution in [2.24, 2.45) is 5.16 Å². The first-order valence-corrected chi connectivity index (χ1v) is 5.07. The average Bonchev–Trinajstić information content (AvgIpc) is 2.28. The summed E-state index contributed by atoms with van der Waals surface area (Å²) < 4.78 is 4.52. The van der Waals surface area contributed by atoms with E-state index in [1.54, 1.807) is 18.2 Å². The van der Waals surface area contributed by atoms with Crippen LogP contribution in [0.2, 0.25) is 5.02 Å². The van der Waals surface area contributed by atoms with Crippen molar-refractivity contribution in [2.45, 2.75) is 6.42 Å². The second-order valence-corrected chi connectivity index (χ2v) is 3.72. The van der Waals surface area contributed by atoms with Crippen LogP contribution in [0.3, 0.4) is 0 Å². The number of halogens is 2. The van der Waals surface area contributed by atoms with E-state index in [0.717, 1.165) is 0 Å². The van der Waals surface area contributed by atoms with Crippen LogP contribution in [-0.2, 0) is 16.0 Å². The van der Waals surface area contributed by atoms with Crippen LogP contribution >= 0.6 is 23.2 Å². The summed E-state index contributed by atoms with van der Waals surface area (Å²) in [6.45, 7) is 0. The fraction of sp³-hybridized carbons (Fsp3) is 0.200. The summed E-state index contributed by atoms with van der Waals surface area (Å²) in [4.78, 5) is 11.0. The number of carbonyl (C=O) groups excluding carboxylic acids is 1. The largest absolute Gasteiger partial charge is 0.469 e. The average molecular weight is 262 g/mol. The Bertz CT molecular complexity index is 432. The van der Waals surface area contributed by atoms with Crippen molar-refractivity contribution >= 4 is 34.3 Å². The molecule has 1 aromatic rings. The van der Waals surface area contributed by atoms with Gasteiger partial charge in [0.05, 0.1) is 18.6 Å². The van der Waals surface area contributed by atoms with Gasteiger partial charge in [0.15, 0.2) is 5.17 Å². The van der Waals surface area contributed by atoms with Gasteiger partial charge >= 0.3 is 5.97 Å². The Labute approximate surface area is 102 Å². The highest BCUT2D eigenvalue weighted by Crippen LogP contribution is 2.20. The number of oxime groups is 1. The minimum atomic E-state index is -0.356. The molecule has 6 heteroatoms. The molecule has 0 aliphatic carbocycles. The number of rotatable bonds is 3. The van der Waals surface area contributed by atoms with Crippen LogP contribution in [0.25, 0.3) is 0 Å². The summed E-state index contributed by atoms with van der Waals surface area (Å²) in [5.74, 6) is -0.356. The van der Waals surface area contributed by atoms with E-state index in [-0.39, 0.29) is 17.6 Å². The maximum Gasteiger partial charge on any atom is 0.309 e. The van der Waals surface area contributed by atoms with Gasteiger partial charge in [-0.1, -0.05) is 34.4 Å². The van der Waals surface area contributed by atoms with Crippen molar-refractivity contribution in [3.8, 4) is 0 Å². The predicted molar refractivity (Wildman–Crippen MR) is 61.3 cm³/mol. The van der Waals surface area contributed by atoms with Gasteiger partial charge in [0, 0.05) is 5.56 Å². The molecule has 1 aromatic carbocycles. The Morgan fingerprint density at radius 3 is 2.75 bits per heavy atom. The molecule has 16 heavy (non-hydrogen) atoms. The summed E-state index contributed by atoms with van der Waals surface area (Å²) in [6, 6.07) is 4.80. The minimum Gasteiger partial charge on any atom is -0.469 e. The van der Waals surface area contributed by atoms with Crippen molar-refractivity contribution in [1.82, 2.24) is 0 Å². The van der Waals surface area contributed by atoms with Gasteiger partial charge in [-0.2, -0.15) is 0 Å². The Morgan fingerprint density at radius 1 is 1.56 bits per heavy atom. The first-order valence-electron chi connectivity index (χ1n) is 4.31. The van der Waals surface area contributed by atoms with E-state index >= 15 is 0 Å². The molecule has 0 aromatic heterocycles. The Kier molecular flexibility index (Phi) is 4.58. The third kappa shape index (κ3) is 3.12. The highest BCUT2D eigenvalue weighted by molar-refractivity contribution is 6.70. The van der Waals surface area contributed by atoms with Crippen LogP contribution in [0.4, 0.5) is 0 Å². The molecule has 4 nitrogen and oxygen atoms in total. The lowest BCUT2D eigenvalue weighted by molar-refractivity contribution is -0.139. The van der Waals surface area contributed by atoms with Crippen molar-refractivity contribution in [3.05, 3.63) is 34.3 Å². The minimum absolute atomic E-state index is 0.102. The number of hydrogen-bond acceptors (Lipinski definition) is 4. The van der Waals surface area contributed by atoms with Gasteiger partial charge < -0.3 is 9.94 Å². The smallest absolute Gasteiger partial charge is 0.309 e. The molecule has 0 bridgehead atoms. The van der Waals surface area contributed by atoms with Crippen LogP contribution in [0.15, 0.2) is 23.4 Å². The lowest BCUT2D eigenvalue weighted by Crippen LogP contribution is -2.05. The third-order valence-corrected chi connectivity index (χ3v) is 2.51. The standard InChI is InChI=1S/C10H9Cl2NO3/c1-16-9(14)5-6-2-3-7(8(11)4-6)10(12)13-15/h2-4,15H,5H2,1H3. The van der Waals surface area contributed by atoms with E-state index < -0.39 is 0 Å². The van der Waals surface area contributed by atoms with Gasteiger partial charge in [0.2, 0.25) is 0 Å². The molecular formula is C10H9Cl2NO3. The highest BCUT2D eigenvalue weighted by atomic mass is 35.5. The summed E-state index contributed by atoms with van der Waals surface area (Å²) in [6.07, 6.45) is 0.129. The van der Waals surface area contributed by atoms with Crippen molar-refractivity contribution in [1.29, 1.82) is 0 Å². The zero-order chi connectivity index (χ0) is 12.1. The lowest BCUT2D eigenvalue weighted by Gasteiger charge is -2.04. The number of hydrogen-bond donors (Lipinski definition) is 1. The summed E-state index contributed by atoms with van der Waals surface area (Å²) in [5.41, 5.74) is 1.10. The zero-order valence-corrected chi connectivity index (χ0v) is 9.92. The number of carbonyl (C=O) groups is 1. The van der Waals surface area contributed by atoms with Crippen molar-refractivity contribution < 1.29 is 14.7 Å². The molecule has 0 saturated carbocycles. The SMILES string of the molecule is COC(=O)Cc1ccc(C(Cl)=NO)c(Cl)c1. The van der Waals surface area contributed by atoms with Crippen molar-refractivity contribution in [3.63, 3.8) is 0 Å². The molecule has 0 aliphatic heterocycles. The molecule has 1 N–H and O–H groups in total. The maximum absolute atomic E-state index is 11.0. The van der Waals surface area contributed by atoms with Crippen LogP contribution in [-0.4, -0.2) is 23.5 Å². The van der Waals surface area contributed by atoms with Crippen molar-refractivity contribution in [2.75, 3.05) is 7.11 Å². The number of ether oxygens (including phenoxy) is 1. The lowest BCUT2D eigenvalue weighted by atomic mass is 10.1. The maximum atomic E-state index is 11.0. The molecule has 0 atom stereocenters. The molecule has 0 unspecified atom stereocenters. The molecule has 0 aliphatic rings. The van der Waals surface area contributed by atoms with Crippen LogP contribution in [0.1, 0.15) is 11.1 Å². The van der Waals surface area contributed by atoms with Crippen LogP contribution in [0, 0.1) is 0 Å². The number of esters is 1. The number of methoxy groups -OCH3 is 1. The molecule has 0 saturated heterocycles. The Hall–Kier alpha value is -1.26. The molecule has 0 spiro atoms. The normalized spacial score (nSPS) is 11.3. The number of benzene rings is 1. The molecule has 0 amide bonds. The molecule has 1 rings (SSSR count). The van der Waals surface area contributed by atoms with Gasteiger partial charge in [-0.15, -0.1) is 0 Å². The van der Waals surface area contributed by atoms with E-state index in [1.807, 2.05) is 0 Å². The van der Waals surface area contributed by atoms with E-state index in [9.17, 15) is 4.79 Å². The molecule has 0 heterocycles. The predicted octanol–water partition coefficient (Wildman–Crippen LogP) is 2.43. The Morgan fingerprint density at radius 2 is 2.25 bits per heavy atom. The third-order valence-electron chi connectivity index (χ3n) is 1.92. The van der Waals surface area contributed by atoms with Gasteiger partial charge in [-0.05, 0) is 17.7 Å². The summed E-state index contributed by atoms with van der Waals surface area (Å²) in [7, 11) is 1.31. The van der Waals surface area contributed by atoms with E-state index in [4.69, 9.17) is 28.4 Å². The monoisotopic (exact) mass is 261 g/mol. The van der Waals surface area contributed by atoms with Gasteiger partial charge in [0.1, 0.15) is 0 Å². The molecule has 86 valence electrons. The zero-order valence-electron chi connectivity index (χ0n) is 8.41. The number of nitrogens with zero attached hydrogens (tertiary/aromatic N) is 1. The fourth-order valence-electron chi connectivity index (χ4n) is 1.13. The second kappa shape index (κ2) is 5.72. The first-order chi connectivity index (χ1) is 7.58. The summed E-state index contributed by atoms with van der Waals surface area (Å²) in [5, 5.41) is 11.5. The topological polar surface area (TPSA) is 58.9 Å². The van der Waals surface area contributed by atoms with E-state index in [1.165, 1.54) is 7.11 Å². The highest BCUT2D eigenvalue weighted by Gasteiger charge is 2.09. The van der Waals surface area contributed by atoms with Gasteiger partial charge in [0.25, 0.3) is 0 Å². The van der Waals surface area contributed by atoms with Crippen LogP contribution < -0.4 is 0 Å². The quantitative estimate of drug-likeness (QED) is 0.394. The van der Waals surface area contributed by atoms with Gasteiger partial charge in [-0.25, -0.2) is 0 Å². The fourth-order valence-corrected chi connectivity index (χ4v) is 1.63. The molecular weight excluding hydrogens is 253 g/mol. The van der Waals surface area contributed by atoms with Gasteiger partial charge in [-0.3, -0.25) is 4.79 Å². The van der Waals surface area contributed by atoms with E-state index in [0.29, 0.717) is 16.1 Å². The van der Waals surface area contributed by atoms with E-state index in [2.05, 4.69) is 9.89 Å². The molecule has 0 fully saturated rings. The van der Waals surface area contributed by atoms with Crippen LogP contribution in [0.5, 0.6) is 0 Å².